The van der Waals surface area contributed by atoms with Gasteiger partial charge in [-0.2, -0.15) is 25.5 Å². The van der Waals surface area contributed by atoms with Crippen molar-refractivity contribution in [3.05, 3.63) is 434 Å². The highest BCUT2D eigenvalue weighted by atomic mass is 35.5. The molecule has 0 fully saturated rings. The normalized spacial score (nSPS) is 11.1. The summed E-state index contributed by atoms with van der Waals surface area (Å²) in [5.74, 6) is -4.17. The average Bonchev–Trinajstić information content (AvgIpc) is 1.71. The summed E-state index contributed by atoms with van der Waals surface area (Å²) in [4.78, 5) is 113. The summed E-state index contributed by atoms with van der Waals surface area (Å²) in [5.41, 5.74) is 15.9. The minimum absolute atomic E-state index is 0.00197. The van der Waals surface area contributed by atoms with E-state index in [0.717, 1.165) is 40.2 Å². The van der Waals surface area contributed by atoms with Crippen LogP contribution in [0.2, 0.25) is 5.02 Å². The van der Waals surface area contributed by atoms with Crippen LogP contribution in [-0.4, -0.2) is 110 Å². The molecule has 36 heteroatoms. The second-order valence-corrected chi connectivity index (χ2v) is 30.2. The van der Waals surface area contributed by atoms with Crippen molar-refractivity contribution in [3.63, 3.8) is 0 Å². The number of aryl methyl sites for hydroxylation is 7. The Hall–Kier alpha value is -17.7. The Labute approximate surface area is 763 Å². The van der Waals surface area contributed by atoms with Gasteiger partial charge in [-0.25, -0.2) is 17.6 Å². The van der Waals surface area contributed by atoms with Crippen molar-refractivity contribution in [2.24, 2.45) is 0 Å². The summed E-state index contributed by atoms with van der Waals surface area (Å²) >= 11 is 5.87. The molecule has 0 aliphatic carbocycles. The molecule has 0 aliphatic heterocycles. The third kappa shape index (κ3) is 25.8. The second-order valence-electron chi connectivity index (χ2n) is 29.7. The van der Waals surface area contributed by atoms with Crippen LogP contribution in [0.15, 0.2) is 255 Å². The van der Waals surface area contributed by atoms with Crippen LogP contribution >= 0.6 is 11.6 Å². The van der Waals surface area contributed by atoms with Crippen LogP contribution in [0.25, 0.3) is 86.7 Å². The molecule has 10 aromatic carbocycles. The molecule has 15 aromatic rings. The number of allylic oxidation sites excluding steroid dienone is 5. The Bertz CT molecular complexity index is 6880. The van der Waals surface area contributed by atoms with Crippen LogP contribution in [0.3, 0.4) is 0 Å². The topological polar surface area (TPSA) is 465 Å². The largest absolute Gasteiger partial charge is 0.392 e. The number of hydrogen-bond acceptors (Lipinski definition) is 21. The molecule has 5 aromatic heterocycles. The smallest absolute Gasteiger partial charge is 0.272 e. The summed E-state index contributed by atoms with van der Waals surface area (Å²) in [5, 5.41) is 98.5. The zero-order valence-electron chi connectivity index (χ0n) is 71.8. The Kier molecular flexibility index (Phi) is 32.1. The van der Waals surface area contributed by atoms with E-state index in [2.05, 4.69) is 77.0 Å². The van der Waals surface area contributed by atoms with Crippen molar-refractivity contribution in [1.29, 1.82) is 0 Å². The van der Waals surface area contributed by atoms with Gasteiger partial charge in [0.15, 0.2) is 40.6 Å². The third-order valence-electron chi connectivity index (χ3n) is 20.2. The first-order valence-corrected chi connectivity index (χ1v) is 40.4. The van der Waals surface area contributed by atoms with Gasteiger partial charge < -0.3 is 5.11 Å². The van der Waals surface area contributed by atoms with Gasteiger partial charge in [-0.15, -0.1) is 0 Å². The summed E-state index contributed by atoms with van der Waals surface area (Å²) in [6, 6.07) is 56.9. The molecule has 31 nitrogen and oxygen atoms in total. The summed E-state index contributed by atoms with van der Waals surface area (Å²) in [7, 11) is 0. The summed E-state index contributed by atoms with van der Waals surface area (Å²) in [6.45, 7) is 11.8. The Morgan fingerprint density at radius 2 is 0.590 bits per heavy atom. The molecule has 0 saturated heterocycles. The van der Waals surface area contributed by atoms with E-state index in [-0.39, 0.29) is 75.3 Å². The molecule has 0 amide bonds. The molecule has 0 atom stereocenters. The SMILES string of the molecule is Cc1cc(C(=O)/C=C/c2cc(-c3ccc(CO)cc3F)n[nH]2)ccc1[N+](=O)[O-].Cc1cc(C(=O)/C=C/c2cc(-c3ccc(Cl)cc3)n[nH]2)ccc1[N+](=O)[O-].Cc1cc(C(=O)/C=C/c2cc(-c3ccc(F)c(F)c3)n[nH]2)ccc1[N+](=O)[O-].Cc1cc(C(=O)/C=C/c2cc(-c3ccc(F)cc3)n[nH]2)ccc1[N+](=O)[O-].Cc1ccc(-c2cc(/C=C/C(=O)c3ccc([N+](=O)[O-])c(C)c3)[nH]n2)cc1C. The minimum Gasteiger partial charge on any atom is -0.392 e. The van der Waals surface area contributed by atoms with Gasteiger partial charge in [0.1, 0.15) is 11.6 Å². The number of rotatable bonds is 26. The fraction of sp³-hybridized carbons (Fsp3) is 0.0816. The molecule has 0 radical (unpaired) electrons. The fourth-order valence-electron chi connectivity index (χ4n) is 12.9. The number of nitrogens with one attached hydrogen (secondary N) is 5. The van der Waals surface area contributed by atoms with Gasteiger partial charge in [-0.3, -0.25) is 100 Å². The van der Waals surface area contributed by atoms with E-state index in [9.17, 15) is 92.1 Å². The van der Waals surface area contributed by atoms with Crippen molar-refractivity contribution in [1.82, 2.24) is 51.0 Å². The predicted molar refractivity (Wildman–Crippen MR) is 496 cm³/mol. The monoisotopic (exact) mass is 1830 g/mol. The number of carbonyl (C=O) groups excluding carboxylic acids is 5. The predicted octanol–water partition coefficient (Wildman–Crippen LogP) is 22.3. The van der Waals surface area contributed by atoms with Crippen molar-refractivity contribution < 1.29 is 71.3 Å². The van der Waals surface area contributed by atoms with Gasteiger partial charge in [-0.05, 0) is 290 Å². The lowest BCUT2D eigenvalue weighted by Gasteiger charge is -2.01. The molecular weight excluding hydrogens is 1750 g/mol. The van der Waals surface area contributed by atoms with Crippen molar-refractivity contribution >= 4 is 99.3 Å². The maximum Gasteiger partial charge on any atom is 0.272 e. The van der Waals surface area contributed by atoms with Gasteiger partial charge >= 0.3 is 0 Å². The Morgan fingerprint density at radius 1 is 0.306 bits per heavy atom. The lowest BCUT2D eigenvalue weighted by molar-refractivity contribution is -0.385. The fourth-order valence-corrected chi connectivity index (χ4v) is 13.0. The number of halogens is 5. The number of aliphatic hydroxyl groups excluding tert-OH is 1. The molecule has 134 heavy (non-hydrogen) atoms. The highest BCUT2D eigenvalue weighted by molar-refractivity contribution is 6.30. The van der Waals surface area contributed by atoms with Crippen LogP contribution < -0.4 is 0 Å². The number of ketones is 5. The number of hydrogen-bond donors (Lipinski definition) is 6. The van der Waals surface area contributed by atoms with Gasteiger partial charge in [0.05, 0.1) is 88.2 Å². The van der Waals surface area contributed by atoms with Crippen molar-refractivity contribution in [3.8, 4) is 56.3 Å². The van der Waals surface area contributed by atoms with Gasteiger partial charge in [0.25, 0.3) is 28.4 Å². The Balaban J connectivity index is 0.000000161. The first-order valence-electron chi connectivity index (χ1n) is 40.1. The number of aliphatic hydroxyl groups is 1. The molecule has 674 valence electrons. The maximum absolute atomic E-state index is 14.1. The Morgan fingerprint density at radius 3 is 0.881 bits per heavy atom. The van der Waals surface area contributed by atoms with Gasteiger partial charge in [0, 0.05) is 119 Å². The molecule has 0 spiro atoms. The number of carbonyl (C=O) groups is 5. The summed E-state index contributed by atoms with van der Waals surface area (Å²) < 4.78 is 53.4. The van der Waals surface area contributed by atoms with E-state index in [0.29, 0.717) is 117 Å². The number of benzene rings is 10. The molecule has 0 bridgehead atoms. The molecule has 15 rings (SSSR count). The first-order chi connectivity index (χ1) is 63.9. The molecule has 0 aliphatic rings. The van der Waals surface area contributed by atoms with E-state index in [1.54, 1.807) is 101 Å². The van der Waals surface area contributed by atoms with E-state index < -0.39 is 42.1 Å². The number of nitro groups is 5. The zero-order valence-corrected chi connectivity index (χ0v) is 72.5. The van der Waals surface area contributed by atoms with Crippen LogP contribution in [-0.2, 0) is 6.61 Å². The molecule has 0 unspecified atom stereocenters. The number of H-pyrrole nitrogens is 5. The van der Waals surface area contributed by atoms with E-state index >= 15 is 0 Å². The lowest BCUT2D eigenvalue weighted by atomic mass is 10.0. The van der Waals surface area contributed by atoms with Gasteiger partial charge in [0.2, 0.25) is 0 Å². The molecular formula is C98H76ClF4N15O16. The maximum atomic E-state index is 14.1. The number of aromatic nitrogens is 10. The van der Waals surface area contributed by atoms with Gasteiger partial charge in [-0.1, -0.05) is 41.9 Å². The second kappa shape index (κ2) is 44.3. The number of aromatic amines is 5. The van der Waals surface area contributed by atoms with Crippen LogP contribution in [0.5, 0.6) is 0 Å². The van der Waals surface area contributed by atoms with Crippen LogP contribution in [0.4, 0.5) is 46.0 Å². The van der Waals surface area contributed by atoms with Crippen molar-refractivity contribution in [2.75, 3.05) is 0 Å². The first kappa shape index (κ1) is 96.9. The quantitative estimate of drug-likeness (QED) is 0.00964. The number of nitro benzene ring substituents is 5. The molecule has 6 N–H and O–H groups in total. The van der Waals surface area contributed by atoms with E-state index in [1.807, 2.05) is 30.3 Å². The molecule has 5 heterocycles. The highest BCUT2D eigenvalue weighted by Gasteiger charge is 2.21. The lowest BCUT2D eigenvalue weighted by Crippen LogP contribution is -1.98. The summed E-state index contributed by atoms with van der Waals surface area (Å²) in [6.07, 6.45) is 14.6. The van der Waals surface area contributed by atoms with E-state index in [1.165, 1.54) is 175 Å². The zero-order chi connectivity index (χ0) is 96.7. The molecule has 0 saturated carbocycles. The standard InChI is InChI=1S/C21H19N3O3.C20H16FN3O4.C19H14ClN3O3.C19H13F2N3O3.C19H14FN3O3/c1-13-4-5-16(10-14(13)2)19-12-18(22-23-19)7-9-21(25)17-6-8-20(24(26)27)15(3)11-17;1-12-8-14(3-6-19(12)24(27)28)20(26)7-4-15-10-18(23-22-15)16-5-2-13(11-25)9-17(16)21;1-12-10-14(4-8-18(12)23(25)26)19(24)9-7-16-11-17(22-21-16)13-2-5-15(20)6-3-13;1-11-8-13(3-6-18(11)24(26)27)19(25)7-4-14-10-17(23-22-14)12-2-5-15(20)16(21)9-12;1-12-10-14(4-8-18(12)23(25)26)19(24)9-7-16-11-17(22-21-16)13-2-5-15(20)6-3-13/h4-12H,1-3H3,(H,22,23);2-10,25H,11H2,1H3,(H,22,23);2-11H,1H3,(H,21,22);2-10H,1H3,(H,22,23);2-11H,1H3,(H,21,22)/b9-7+;7-4+;9-7+;7-4+;9-7+. The number of nitrogens with zero attached hydrogens (tertiary/aromatic N) is 10. The van der Waals surface area contributed by atoms with Crippen molar-refractivity contribution in [2.45, 2.75) is 55.1 Å². The minimum atomic E-state index is -0.976. The van der Waals surface area contributed by atoms with Crippen LogP contribution in [0, 0.1) is 122 Å². The van der Waals surface area contributed by atoms with Crippen LogP contribution in [0.1, 0.15) is 125 Å². The average molecular weight is 1830 g/mol. The highest BCUT2D eigenvalue weighted by Crippen LogP contribution is 2.31. The third-order valence-corrected chi connectivity index (χ3v) is 20.5. The van der Waals surface area contributed by atoms with E-state index in [4.69, 9.17) is 16.7 Å².